The van der Waals surface area contributed by atoms with Crippen molar-refractivity contribution in [1.29, 1.82) is 0 Å². The molecule has 1 heterocycles. The molecule has 7 nitrogen and oxygen atoms in total. The van der Waals surface area contributed by atoms with Crippen molar-refractivity contribution >= 4 is 35.1 Å². The number of carbonyl (C=O) groups is 3. The van der Waals surface area contributed by atoms with Gasteiger partial charge in [-0.1, -0.05) is 30.9 Å². The van der Waals surface area contributed by atoms with E-state index in [9.17, 15) is 14.4 Å². The van der Waals surface area contributed by atoms with Crippen LogP contribution in [0.25, 0.3) is 0 Å². The van der Waals surface area contributed by atoms with E-state index in [4.69, 9.17) is 21.1 Å². The lowest BCUT2D eigenvalue weighted by molar-refractivity contribution is 0.0660. The van der Waals surface area contributed by atoms with Crippen LogP contribution in [0.1, 0.15) is 63.6 Å². The van der Waals surface area contributed by atoms with Crippen LogP contribution in [0.4, 0.5) is 5.69 Å². The summed E-state index contributed by atoms with van der Waals surface area (Å²) in [6, 6.07) is 7.17. The number of hydrogen-bond donors (Lipinski definition) is 3. The van der Waals surface area contributed by atoms with Gasteiger partial charge in [0.2, 0.25) is 5.76 Å². The molecule has 2 amide bonds. The standard InChI is InChI=1S/C19H19ClN2O5/c20-14-7-6-12(22-18(24)15-8-9-16(27-15)19(25)26)10-13(14)17(23)21-11-4-2-1-3-5-11/h6-11H,1-5H2,(H,21,23)(H,22,24)(H,25,26). The van der Waals surface area contributed by atoms with Crippen LogP contribution in [0.5, 0.6) is 0 Å². The Labute approximate surface area is 160 Å². The van der Waals surface area contributed by atoms with Crippen LogP contribution < -0.4 is 10.6 Å². The second-order valence-corrected chi connectivity index (χ2v) is 6.83. The number of furan rings is 1. The average Bonchev–Trinajstić information content (AvgIpc) is 3.15. The van der Waals surface area contributed by atoms with Crippen molar-refractivity contribution in [3.8, 4) is 0 Å². The molecule has 0 atom stereocenters. The average molecular weight is 391 g/mol. The molecule has 0 bridgehead atoms. The Morgan fingerprint density at radius 2 is 1.70 bits per heavy atom. The van der Waals surface area contributed by atoms with Crippen molar-refractivity contribution in [2.24, 2.45) is 0 Å². The number of rotatable bonds is 5. The lowest BCUT2D eigenvalue weighted by Crippen LogP contribution is -2.36. The van der Waals surface area contributed by atoms with Gasteiger partial charge in [0.05, 0.1) is 10.6 Å². The van der Waals surface area contributed by atoms with Gasteiger partial charge in [-0.2, -0.15) is 0 Å². The summed E-state index contributed by atoms with van der Waals surface area (Å²) < 4.78 is 4.96. The SMILES string of the molecule is O=C(O)c1ccc(C(=O)Nc2ccc(Cl)c(C(=O)NC3CCCCC3)c2)o1. The molecule has 142 valence electrons. The summed E-state index contributed by atoms with van der Waals surface area (Å²) >= 11 is 6.14. The summed E-state index contributed by atoms with van der Waals surface area (Å²) in [5.41, 5.74) is 0.622. The fourth-order valence-corrected chi connectivity index (χ4v) is 3.26. The van der Waals surface area contributed by atoms with Crippen molar-refractivity contribution in [1.82, 2.24) is 5.32 Å². The number of hydrogen-bond acceptors (Lipinski definition) is 4. The number of carboxylic acid groups (broad SMARTS) is 1. The number of carboxylic acids is 1. The van der Waals surface area contributed by atoms with E-state index >= 15 is 0 Å². The second kappa shape index (κ2) is 8.26. The minimum atomic E-state index is -1.26. The Hall–Kier alpha value is -2.80. The van der Waals surface area contributed by atoms with Gasteiger partial charge in [-0.3, -0.25) is 9.59 Å². The highest BCUT2D eigenvalue weighted by molar-refractivity contribution is 6.34. The number of benzene rings is 1. The maximum absolute atomic E-state index is 12.5. The fourth-order valence-electron chi connectivity index (χ4n) is 3.05. The molecule has 1 aromatic carbocycles. The molecule has 0 aliphatic heterocycles. The quantitative estimate of drug-likeness (QED) is 0.716. The van der Waals surface area contributed by atoms with Crippen LogP contribution in [0.3, 0.4) is 0 Å². The summed E-state index contributed by atoms with van der Waals surface area (Å²) in [5, 5.41) is 14.7. The Morgan fingerprint density at radius 3 is 2.37 bits per heavy atom. The van der Waals surface area contributed by atoms with Crippen molar-refractivity contribution in [3.05, 3.63) is 52.4 Å². The van der Waals surface area contributed by atoms with Crippen LogP contribution in [-0.2, 0) is 0 Å². The predicted octanol–water partition coefficient (Wildman–Crippen LogP) is 3.95. The number of halogens is 1. The fraction of sp³-hybridized carbons (Fsp3) is 0.316. The topological polar surface area (TPSA) is 109 Å². The molecule has 1 aliphatic rings. The molecule has 1 fully saturated rings. The highest BCUT2D eigenvalue weighted by Gasteiger charge is 2.20. The number of carbonyl (C=O) groups excluding carboxylic acids is 2. The minimum absolute atomic E-state index is 0.137. The molecule has 1 aromatic heterocycles. The third kappa shape index (κ3) is 4.68. The maximum Gasteiger partial charge on any atom is 0.371 e. The summed E-state index contributed by atoms with van der Waals surface area (Å²) in [6.45, 7) is 0. The molecule has 2 aromatic rings. The first kappa shape index (κ1) is 19.0. The van der Waals surface area contributed by atoms with E-state index < -0.39 is 11.9 Å². The zero-order valence-corrected chi connectivity index (χ0v) is 15.2. The van der Waals surface area contributed by atoms with E-state index in [1.807, 2.05) is 0 Å². The van der Waals surface area contributed by atoms with E-state index in [1.165, 1.54) is 30.7 Å². The zero-order valence-electron chi connectivity index (χ0n) is 14.5. The first-order chi connectivity index (χ1) is 12.9. The van der Waals surface area contributed by atoms with Crippen LogP contribution in [0.15, 0.2) is 34.7 Å². The van der Waals surface area contributed by atoms with Crippen LogP contribution in [0.2, 0.25) is 5.02 Å². The Morgan fingerprint density at radius 1 is 1.00 bits per heavy atom. The monoisotopic (exact) mass is 390 g/mol. The predicted molar refractivity (Wildman–Crippen MR) is 99.4 cm³/mol. The van der Waals surface area contributed by atoms with Gasteiger partial charge < -0.3 is 20.2 Å². The zero-order chi connectivity index (χ0) is 19.4. The number of aromatic carboxylic acids is 1. The highest BCUT2D eigenvalue weighted by atomic mass is 35.5. The molecule has 0 radical (unpaired) electrons. The van der Waals surface area contributed by atoms with Crippen molar-refractivity contribution in [2.45, 2.75) is 38.1 Å². The normalized spacial score (nSPS) is 14.6. The first-order valence-electron chi connectivity index (χ1n) is 8.69. The van der Waals surface area contributed by atoms with Crippen LogP contribution in [-0.4, -0.2) is 28.9 Å². The van der Waals surface area contributed by atoms with Gasteiger partial charge in [0.15, 0.2) is 5.76 Å². The molecule has 3 rings (SSSR count). The number of nitrogens with one attached hydrogen (secondary N) is 2. The van der Waals surface area contributed by atoms with Crippen LogP contribution >= 0.6 is 11.6 Å². The van der Waals surface area contributed by atoms with E-state index in [0.29, 0.717) is 5.69 Å². The second-order valence-electron chi connectivity index (χ2n) is 6.43. The van der Waals surface area contributed by atoms with Gasteiger partial charge in [0, 0.05) is 11.7 Å². The van der Waals surface area contributed by atoms with Crippen molar-refractivity contribution in [2.75, 3.05) is 5.32 Å². The van der Waals surface area contributed by atoms with Crippen molar-refractivity contribution < 1.29 is 23.9 Å². The largest absolute Gasteiger partial charge is 0.475 e. The van der Waals surface area contributed by atoms with Gasteiger partial charge in [-0.25, -0.2) is 4.79 Å². The number of anilines is 1. The Bertz CT molecular complexity index is 871. The van der Waals surface area contributed by atoms with Gasteiger partial charge in [0.1, 0.15) is 0 Å². The van der Waals surface area contributed by atoms with Gasteiger partial charge in [-0.15, -0.1) is 0 Å². The first-order valence-corrected chi connectivity index (χ1v) is 9.07. The maximum atomic E-state index is 12.5. The van der Waals surface area contributed by atoms with E-state index in [0.717, 1.165) is 25.7 Å². The summed E-state index contributed by atoms with van der Waals surface area (Å²) in [6.07, 6.45) is 5.27. The highest BCUT2D eigenvalue weighted by Crippen LogP contribution is 2.23. The van der Waals surface area contributed by atoms with Gasteiger partial charge in [-0.05, 0) is 43.2 Å². The van der Waals surface area contributed by atoms with Gasteiger partial charge in [0.25, 0.3) is 11.8 Å². The summed E-state index contributed by atoms with van der Waals surface area (Å²) in [5.74, 6) is -2.64. The minimum Gasteiger partial charge on any atom is -0.475 e. The third-order valence-electron chi connectivity index (χ3n) is 4.45. The smallest absolute Gasteiger partial charge is 0.371 e. The Kier molecular flexibility index (Phi) is 5.81. The van der Waals surface area contributed by atoms with Crippen molar-refractivity contribution in [3.63, 3.8) is 0 Å². The summed E-state index contributed by atoms with van der Waals surface area (Å²) in [7, 11) is 0. The molecule has 0 unspecified atom stereocenters. The van der Waals surface area contributed by atoms with E-state index in [-0.39, 0.29) is 34.1 Å². The van der Waals surface area contributed by atoms with E-state index in [2.05, 4.69) is 10.6 Å². The molecule has 27 heavy (non-hydrogen) atoms. The molecular formula is C19H19ClN2O5. The molecule has 0 saturated heterocycles. The lowest BCUT2D eigenvalue weighted by atomic mass is 9.95. The van der Waals surface area contributed by atoms with Crippen LogP contribution in [0, 0.1) is 0 Å². The molecular weight excluding hydrogens is 372 g/mol. The molecule has 1 aliphatic carbocycles. The van der Waals surface area contributed by atoms with Gasteiger partial charge >= 0.3 is 5.97 Å². The third-order valence-corrected chi connectivity index (χ3v) is 4.78. The summed E-state index contributed by atoms with van der Waals surface area (Å²) in [4.78, 5) is 35.6. The number of amides is 2. The molecule has 3 N–H and O–H groups in total. The van der Waals surface area contributed by atoms with E-state index in [1.54, 1.807) is 6.07 Å². The Balaban J connectivity index is 1.71. The molecule has 0 spiro atoms. The molecule has 8 heteroatoms. The molecule has 1 saturated carbocycles. The lowest BCUT2D eigenvalue weighted by Gasteiger charge is -2.23.